The van der Waals surface area contributed by atoms with Gasteiger partial charge in [-0.1, -0.05) is 60.7 Å². The molecule has 0 saturated carbocycles. The molecule has 0 aromatic heterocycles. The maximum absolute atomic E-state index is 12.9. The smallest absolute Gasteiger partial charge is 0.422 e. The van der Waals surface area contributed by atoms with Crippen LogP contribution in [0.3, 0.4) is 0 Å². The van der Waals surface area contributed by atoms with Crippen molar-refractivity contribution >= 4 is 12.0 Å². The zero-order valence-corrected chi connectivity index (χ0v) is 17.0. The summed E-state index contributed by atoms with van der Waals surface area (Å²) in [5.41, 5.74) is 2.09. The average Bonchev–Trinajstić information content (AvgIpc) is 2.78. The highest BCUT2D eigenvalue weighted by Gasteiger charge is 2.33. The molecule has 1 N–H and O–H groups in total. The van der Waals surface area contributed by atoms with Gasteiger partial charge in [-0.25, -0.2) is 4.79 Å². The minimum atomic E-state index is -4.56. The van der Waals surface area contributed by atoms with E-state index >= 15 is 0 Å². The van der Waals surface area contributed by atoms with Crippen LogP contribution in [0, 0.1) is 5.92 Å². The number of halogens is 3. The second-order valence-electron chi connectivity index (χ2n) is 7.59. The van der Waals surface area contributed by atoms with Crippen molar-refractivity contribution in [1.29, 1.82) is 0 Å². The molecule has 5 nitrogen and oxygen atoms in total. The van der Waals surface area contributed by atoms with Gasteiger partial charge >= 0.3 is 12.3 Å². The van der Waals surface area contributed by atoms with Gasteiger partial charge in [0.1, 0.15) is 0 Å². The molecule has 2 aromatic carbocycles. The second-order valence-corrected chi connectivity index (χ2v) is 7.59. The molecule has 1 saturated heterocycles. The van der Waals surface area contributed by atoms with Crippen LogP contribution in [0.25, 0.3) is 0 Å². The van der Waals surface area contributed by atoms with Gasteiger partial charge in [0.25, 0.3) is 0 Å². The Morgan fingerprint density at radius 3 is 2.16 bits per heavy atom. The van der Waals surface area contributed by atoms with Crippen LogP contribution in [0.2, 0.25) is 0 Å². The van der Waals surface area contributed by atoms with E-state index in [2.05, 4.69) is 10.1 Å². The molecule has 0 radical (unpaired) electrons. The molecule has 2 amide bonds. The highest BCUT2D eigenvalue weighted by Crippen LogP contribution is 2.23. The number of nitrogens with zero attached hydrogens (tertiary/aromatic N) is 1. The van der Waals surface area contributed by atoms with E-state index in [0.29, 0.717) is 19.3 Å². The molecule has 1 aliphatic heterocycles. The highest BCUT2D eigenvalue weighted by atomic mass is 19.4. The predicted molar refractivity (Wildman–Crippen MR) is 109 cm³/mol. The first kappa shape index (κ1) is 22.7. The third-order valence-electron chi connectivity index (χ3n) is 5.28. The number of piperidine rings is 1. The van der Waals surface area contributed by atoms with Crippen LogP contribution < -0.4 is 5.32 Å². The number of ether oxygens (including phenoxy) is 1. The molecule has 0 aliphatic carbocycles. The molecule has 31 heavy (non-hydrogen) atoms. The lowest BCUT2D eigenvalue weighted by Crippen LogP contribution is -2.44. The van der Waals surface area contributed by atoms with Crippen molar-refractivity contribution < 1.29 is 27.5 Å². The lowest BCUT2D eigenvalue weighted by atomic mass is 9.94. The Bertz CT molecular complexity index is 851. The van der Waals surface area contributed by atoms with Gasteiger partial charge in [-0.3, -0.25) is 4.79 Å². The molecule has 8 heteroatoms. The quantitative estimate of drug-likeness (QED) is 0.729. The molecule has 2 aromatic rings. The topological polar surface area (TPSA) is 58.6 Å². The summed E-state index contributed by atoms with van der Waals surface area (Å²) >= 11 is 0. The third-order valence-corrected chi connectivity index (χ3v) is 5.28. The zero-order valence-electron chi connectivity index (χ0n) is 17.0. The van der Waals surface area contributed by atoms with Gasteiger partial charge < -0.3 is 15.0 Å². The van der Waals surface area contributed by atoms with Crippen LogP contribution in [0.5, 0.6) is 0 Å². The molecule has 0 bridgehead atoms. The third kappa shape index (κ3) is 7.01. The van der Waals surface area contributed by atoms with Crippen molar-refractivity contribution in [3.05, 3.63) is 71.8 Å². The van der Waals surface area contributed by atoms with Crippen molar-refractivity contribution in [1.82, 2.24) is 10.2 Å². The first-order valence-corrected chi connectivity index (χ1v) is 10.2. The summed E-state index contributed by atoms with van der Waals surface area (Å²) in [6, 6.07) is 19.3. The van der Waals surface area contributed by atoms with Crippen molar-refractivity contribution in [2.45, 2.75) is 31.5 Å². The van der Waals surface area contributed by atoms with Gasteiger partial charge in [0.2, 0.25) is 5.91 Å². The minimum Gasteiger partial charge on any atom is -0.440 e. The number of likely N-dealkylation sites (tertiary alicyclic amines) is 1. The van der Waals surface area contributed by atoms with Gasteiger partial charge in [0.05, 0.1) is 6.04 Å². The van der Waals surface area contributed by atoms with Crippen molar-refractivity contribution in [3.63, 3.8) is 0 Å². The molecular weight excluding hydrogens is 409 g/mol. The maximum Gasteiger partial charge on any atom is 0.422 e. The van der Waals surface area contributed by atoms with Crippen LogP contribution in [0.4, 0.5) is 18.0 Å². The number of alkyl halides is 3. The van der Waals surface area contributed by atoms with Gasteiger partial charge in [0, 0.05) is 19.0 Å². The summed E-state index contributed by atoms with van der Waals surface area (Å²) in [5, 5.41) is 3.12. The summed E-state index contributed by atoms with van der Waals surface area (Å²) in [5.74, 6) is -0.429. The number of hydrogen-bond acceptors (Lipinski definition) is 3. The maximum atomic E-state index is 12.9. The van der Waals surface area contributed by atoms with E-state index < -0.39 is 18.9 Å². The van der Waals surface area contributed by atoms with E-state index in [1.807, 2.05) is 60.7 Å². The Morgan fingerprint density at radius 1 is 1.00 bits per heavy atom. The van der Waals surface area contributed by atoms with Crippen LogP contribution >= 0.6 is 0 Å². The fourth-order valence-electron chi connectivity index (χ4n) is 3.64. The van der Waals surface area contributed by atoms with E-state index in [9.17, 15) is 22.8 Å². The van der Waals surface area contributed by atoms with Gasteiger partial charge in [-0.05, 0) is 30.4 Å². The summed E-state index contributed by atoms with van der Waals surface area (Å²) in [4.78, 5) is 25.9. The molecule has 0 spiro atoms. The van der Waals surface area contributed by atoms with Crippen molar-refractivity contribution in [2.24, 2.45) is 5.92 Å². The van der Waals surface area contributed by atoms with Gasteiger partial charge in [-0.15, -0.1) is 0 Å². The van der Waals surface area contributed by atoms with E-state index in [1.54, 1.807) is 0 Å². The standard InChI is InChI=1S/C23H25F3N2O3/c24-23(25,26)16-31-22(30)28-13-11-19(12-14-28)21(29)27-20(18-9-5-2-6-10-18)15-17-7-3-1-4-8-17/h1-10,19-20H,11-16H2,(H,27,29)/t20-/m1/s1. The zero-order chi connectivity index (χ0) is 22.3. The first-order chi connectivity index (χ1) is 14.8. The lowest BCUT2D eigenvalue weighted by molar-refractivity contribution is -0.162. The largest absolute Gasteiger partial charge is 0.440 e. The summed E-state index contributed by atoms with van der Waals surface area (Å²) in [7, 11) is 0. The van der Waals surface area contributed by atoms with E-state index in [4.69, 9.17) is 0 Å². The number of nitrogens with one attached hydrogen (secondary N) is 1. The van der Waals surface area contributed by atoms with E-state index in [-0.39, 0.29) is 31.0 Å². The SMILES string of the molecule is O=C(N[C@H](Cc1ccccc1)c1ccccc1)C1CCN(C(=O)OCC(F)(F)F)CC1. The van der Waals surface area contributed by atoms with Crippen LogP contribution in [-0.4, -0.2) is 42.8 Å². The Hall–Kier alpha value is -3.03. The number of amides is 2. The number of carbonyl (C=O) groups excluding carboxylic acids is 2. The normalized spacial score (nSPS) is 15.9. The molecule has 166 valence electrons. The van der Waals surface area contributed by atoms with E-state index in [0.717, 1.165) is 11.1 Å². The van der Waals surface area contributed by atoms with Crippen LogP contribution in [-0.2, 0) is 16.0 Å². The second kappa shape index (κ2) is 10.3. The lowest BCUT2D eigenvalue weighted by Gasteiger charge is -2.31. The average molecular weight is 434 g/mol. The molecule has 3 rings (SSSR count). The van der Waals surface area contributed by atoms with Crippen LogP contribution in [0.1, 0.15) is 30.0 Å². The number of hydrogen-bond donors (Lipinski definition) is 1. The Kier molecular flexibility index (Phi) is 7.55. The molecule has 1 heterocycles. The van der Waals surface area contributed by atoms with E-state index in [1.165, 1.54) is 4.90 Å². The molecule has 1 aliphatic rings. The number of carbonyl (C=O) groups is 2. The Balaban J connectivity index is 1.57. The summed E-state index contributed by atoms with van der Waals surface area (Å²) in [6.07, 6.45) is -4.17. The van der Waals surface area contributed by atoms with Gasteiger partial charge in [0.15, 0.2) is 6.61 Å². The van der Waals surface area contributed by atoms with Crippen LogP contribution in [0.15, 0.2) is 60.7 Å². The molecular formula is C23H25F3N2O3. The Labute approximate surface area is 179 Å². The molecule has 1 atom stereocenters. The highest BCUT2D eigenvalue weighted by molar-refractivity contribution is 5.79. The molecule has 0 unspecified atom stereocenters. The van der Waals surface area contributed by atoms with Crippen molar-refractivity contribution in [2.75, 3.05) is 19.7 Å². The first-order valence-electron chi connectivity index (χ1n) is 10.2. The monoisotopic (exact) mass is 434 g/mol. The summed E-state index contributed by atoms with van der Waals surface area (Å²) in [6.45, 7) is -1.24. The number of benzene rings is 2. The Morgan fingerprint density at radius 2 is 1.58 bits per heavy atom. The van der Waals surface area contributed by atoms with Gasteiger partial charge in [-0.2, -0.15) is 13.2 Å². The minimum absolute atomic E-state index is 0.118. The number of rotatable bonds is 6. The fourth-order valence-corrected chi connectivity index (χ4v) is 3.64. The summed E-state index contributed by atoms with van der Waals surface area (Å²) < 4.78 is 41.0. The molecule has 1 fully saturated rings. The van der Waals surface area contributed by atoms with Crippen molar-refractivity contribution in [3.8, 4) is 0 Å². The predicted octanol–water partition coefficient (Wildman–Crippen LogP) is 4.50. The fraction of sp³-hybridized carbons (Fsp3) is 0.391.